The number of ether oxygens (including phenoxy) is 3. The summed E-state index contributed by atoms with van der Waals surface area (Å²) in [7, 11) is 4.66. The van der Waals surface area contributed by atoms with Crippen LogP contribution in [0.3, 0.4) is 0 Å². The summed E-state index contributed by atoms with van der Waals surface area (Å²) in [6.45, 7) is 4.46. The molecule has 2 amide bonds. The topological polar surface area (TPSA) is 103 Å². The lowest BCUT2D eigenvalue weighted by Gasteiger charge is -2.28. The molecule has 0 aliphatic heterocycles. The number of hydrogen-bond acceptors (Lipinski definition) is 7. The summed E-state index contributed by atoms with van der Waals surface area (Å²) in [4.78, 5) is 27.6. The number of nitrogens with zero attached hydrogens (tertiary/aromatic N) is 2. The van der Waals surface area contributed by atoms with Gasteiger partial charge in [0.05, 0.1) is 27.9 Å². The fraction of sp³-hybridized carbons (Fsp3) is 0.346. The van der Waals surface area contributed by atoms with Crippen LogP contribution in [0.1, 0.15) is 52.4 Å². The molecular weight excluding hydrogens is 450 g/mol. The van der Waals surface area contributed by atoms with Crippen molar-refractivity contribution in [3.05, 3.63) is 71.1 Å². The Bertz CT molecular complexity index is 1140. The van der Waals surface area contributed by atoms with Crippen molar-refractivity contribution in [3.8, 4) is 17.2 Å². The van der Waals surface area contributed by atoms with E-state index in [2.05, 4.69) is 10.5 Å². The maximum absolute atomic E-state index is 13.3. The van der Waals surface area contributed by atoms with E-state index in [-0.39, 0.29) is 30.1 Å². The number of amides is 2. The van der Waals surface area contributed by atoms with Crippen molar-refractivity contribution in [2.75, 3.05) is 21.3 Å². The predicted molar refractivity (Wildman–Crippen MR) is 130 cm³/mol. The van der Waals surface area contributed by atoms with Crippen LogP contribution in [0, 0.1) is 0 Å². The third-order valence-corrected chi connectivity index (χ3v) is 5.74. The van der Waals surface area contributed by atoms with Gasteiger partial charge in [-0.1, -0.05) is 24.2 Å². The molecule has 0 bridgehead atoms. The van der Waals surface area contributed by atoms with Crippen molar-refractivity contribution in [2.24, 2.45) is 0 Å². The van der Waals surface area contributed by atoms with Crippen LogP contribution in [0.2, 0.25) is 0 Å². The summed E-state index contributed by atoms with van der Waals surface area (Å²) in [6, 6.07) is 13.9. The first-order valence-electron chi connectivity index (χ1n) is 11.3. The third-order valence-electron chi connectivity index (χ3n) is 5.74. The maximum atomic E-state index is 13.3. The molecule has 2 aromatic carbocycles. The molecule has 35 heavy (non-hydrogen) atoms. The zero-order valence-corrected chi connectivity index (χ0v) is 20.7. The Labute approximate surface area is 204 Å². The van der Waals surface area contributed by atoms with Crippen LogP contribution in [0.25, 0.3) is 0 Å². The molecule has 0 aliphatic rings. The zero-order valence-electron chi connectivity index (χ0n) is 20.7. The van der Waals surface area contributed by atoms with E-state index in [0.29, 0.717) is 29.4 Å². The molecule has 0 aliphatic carbocycles. The second kappa shape index (κ2) is 11.9. The Morgan fingerprint density at radius 3 is 2.34 bits per heavy atom. The van der Waals surface area contributed by atoms with Gasteiger partial charge in [-0.25, -0.2) is 0 Å². The Morgan fingerprint density at radius 1 is 1.00 bits per heavy atom. The van der Waals surface area contributed by atoms with Crippen LogP contribution < -0.4 is 19.5 Å². The van der Waals surface area contributed by atoms with Gasteiger partial charge < -0.3 is 29.0 Å². The zero-order chi connectivity index (χ0) is 25.4. The lowest BCUT2D eigenvalue weighted by atomic mass is 10.1. The molecule has 1 N–H and O–H groups in total. The Hall–Kier alpha value is -4.01. The van der Waals surface area contributed by atoms with Crippen LogP contribution >= 0.6 is 0 Å². The Balaban J connectivity index is 1.70. The summed E-state index contributed by atoms with van der Waals surface area (Å²) in [5, 5.41) is 6.71. The summed E-state index contributed by atoms with van der Waals surface area (Å²) in [6.07, 6.45) is 0.738. The molecule has 0 fully saturated rings. The fourth-order valence-corrected chi connectivity index (χ4v) is 3.46. The molecule has 186 valence electrons. The highest BCUT2D eigenvalue weighted by Gasteiger charge is 2.24. The van der Waals surface area contributed by atoms with Crippen molar-refractivity contribution in [1.82, 2.24) is 15.4 Å². The minimum absolute atomic E-state index is 0.0759. The molecule has 1 unspecified atom stereocenters. The highest BCUT2D eigenvalue weighted by molar-refractivity contribution is 5.95. The molecule has 0 spiro atoms. The molecule has 1 atom stereocenters. The number of aromatic nitrogens is 1. The van der Waals surface area contributed by atoms with Gasteiger partial charge in [-0.05, 0) is 49.2 Å². The molecule has 0 saturated heterocycles. The summed E-state index contributed by atoms with van der Waals surface area (Å²) < 4.78 is 21.1. The highest BCUT2D eigenvalue weighted by atomic mass is 16.5. The van der Waals surface area contributed by atoms with Gasteiger partial charge in [0.2, 0.25) is 0 Å². The summed E-state index contributed by atoms with van der Waals surface area (Å²) >= 11 is 0. The largest absolute Gasteiger partial charge is 0.497 e. The first-order valence-corrected chi connectivity index (χ1v) is 11.3. The van der Waals surface area contributed by atoms with Crippen LogP contribution in [-0.4, -0.2) is 49.2 Å². The first-order chi connectivity index (χ1) is 16.9. The molecule has 3 rings (SSSR count). The molecule has 9 heteroatoms. The smallest absolute Gasteiger partial charge is 0.273 e. The van der Waals surface area contributed by atoms with Crippen molar-refractivity contribution < 1.29 is 28.3 Å². The average molecular weight is 482 g/mol. The van der Waals surface area contributed by atoms with Crippen LogP contribution in [0.15, 0.2) is 53.1 Å². The highest BCUT2D eigenvalue weighted by Crippen LogP contribution is 2.29. The van der Waals surface area contributed by atoms with Gasteiger partial charge in [0.15, 0.2) is 23.0 Å². The number of nitrogens with one attached hydrogen (secondary N) is 1. The normalized spacial score (nSPS) is 11.5. The quantitative estimate of drug-likeness (QED) is 0.440. The van der Waals surface area contributed by atoms with Gasteiger partial charge >= 0.3 is 0 Å². The van der Waals surface area contributed by atoms with E-state index in [1.54, 1.807) is 43.4 Å². The van der Waals surface area contributed by atoms with E-state index in [4.69, 9.17) is 18.7 Å². The van der Waals surface area contributed by atoms with Crippen LogP contribution in [0.4, 0.5) is 0 Å². The monoisotopic (exact) mass is 481 g/mol. The van der Waals surface area contributed by atoms with Gasteiger partial charge in [0.1, 0.15) is 5.75 Å². The molecule has 1 heterocycles. The second-order valence-electron chi connectivity index (χ2n) is 7.97. The van der Waals surface area contributed by atoms with Crippen molar-refractivity contribution >= 4 is 11.8 Å². The summed E-state index contributed by atoms with van der Waals surface area (Å²) in [5.74, 6) is 1.61. The van der Waals surface area contributed by atoms with E-state index in [1.807, 2.05) is 38.1 Å². The maximum Gasteiger partial charge on any atom is 0.273 e. The van der Waals surface area contributed by atoms with Crippen molar-refractivity contribution in [2.45, 2.75) is 39.4 Å². The molecule has 0 radical (unpaired) electrons. The van der Waals surface area contributed by atoms with Gasteiger partial charge in [-0.2, -0.15) is 0 Å². The molecule has 9 nitrogen and oxygen atoms in total. The summed E-state index contributed by atoms with van der Waals surface area (Å²) in [5.41, 5.74) is 1.53. The van der Waals surface area contributed by atoms with Crippen LogP contribution in [0.5, 0.6) is 17.2 Å². The lowest BCUT2D eigenvalue weighted by molar-refractivity contribution is 0.0650. The lowest BCUT2D eigenvalue weighted by Crippen LogP contribution is -2.37. The Kier molecular flexibility index (Phi) is 8.72. The fourth-order valence-electron chi connectivity index (χ4n) is 3.46. The third kappa shape index (κ3) is 6.32. The number of hydrogen-bond donors (Lipinski definition) is 1. The van der Waals surface area contributed by atoms with Gasteiger partial charge in [-0.3, -0.25) is 9.59 Å². The standard InChI is InChI=1S/C26H31N3O6/c1-6-17(2)29(26(31)19-9-12-23(33-4)24(13-19)34-5)16-21-14-22(28-35-21)25(30)27-15-18-7-10-20(32-3)11-8-18/h7-14,17H,6,15-16H2,1-5H3,(H,27,30). The first kappa shape index (κ1) is 25.6. The second-order valence-corrected chi connectivity index (χ2v) is 7.97. The molecule has 1 aromatic heterocycles. The Morgan fingerprint density at radius 2 is 1.71 bits per heavy atom. The predicted octanol–water partition coefficient (Wildman–Crippen LogP) is 4.07. The number of carbonyl (C=O) groups is 2. The number of methoxy groups -OCH3 is 3. The number of rotatable bonds is 11. The van der Waals surface area contributed by atoms with E-state index in [1.165, 1.54) is 7.11 Å². The van der Waals surface area contributed by atoms with E-state index >= 15 is 0 Å². The minimum Gasteiger partial charge on any atom is -0.497 e. The van der Waals surface area contributed by atoms with E-state index < -0.39 is 0 Å². The number of benzene rings is 2. The molecular formula is C26H31N3O6. The van der Waals surface area contributed by atoms with Gasteiger partial charge in [0, 0.05) is 24.2 Å². The van der Waals surface area contributed by atoms with E-state index in [9.17, 15) is 9.59 Å². The van der Waals surface area contributed by atoms with Gasteiger partial charge in [0.25, 0.3) is 11.8 Å². The minimum atomic E-state index is -0.364. The van der Waals surface area contributed by atoms with E-state index in [0.717, 1.165) is 17.7 Å². The average Bonchev–Trinajstić information content (AvgIpc) is 3.38. The molecule has 3 aromatic rings. The van der Waals surface area contributed by atoms with Crippen molar-refractivity contribution in [1.29, 1.82) is 0 Å². The van der Waals surface area contributed by atoms with Crippen LogP contribution in [-0.2, 0) is 13.1 Å². The van der Waals surface area contributed by atoms with Crippen molar-refractivity contribution in [3.63, 3.8) is 0 Å². The number of carbonyl (C=O) groups excluding carboxylic acids is 2. The van der Waals surface area contributed by atoms with Gasteiger partial charge in [-0.15, -0.1) is 0 Å². The SMILES string of the molecule is CCC(C)N(Cc1cc(C(=O)NCc2ccc(OC)cc2)no1)C(=O)c1ccc(OC)c(OC)c1. The molecule has 0 saturated carbocycles.